The third kappa shape index (κ3) is 5.20. The van der Waals surface area contributed by atoms with Gasteiger partial charge in [-0.05, 0) is 65.8 Å². The topological polar surface area (TPSA) is 109 Å². The number of aromatic nitrogens is 4. The lowest BCUT2D eigenvalue weighted by Gasteiger charge is -2.28. The molecule has 0 radical (unpaired) electrons. The monoisotopic (exact) mass is 571 g/mol. The Morgan fingerprint density at radius 3 is 2.58 bits per heavy atom. The van der Waals surface area contributed by atoms with Crippen molar-refractivity contribution < 1.29 is 18.7 Å². The van der Waals surface area contributed by atoms with Crippen LogP contribution in [0.1, 0.15) is 51.8 Å². The zero-order chi connectivity index (χ0) is 29.4. The fourth-order valence-electron chi connectivity index (χ4n) is 4.70. The number of hydrogen-bond acceptors (Lipinski definition) is 7. The summed E-state index contributed by atoms with van der Waals surface area (Å²) < 4.78 is 29.9. The van der Waals surface area contributed by atoms with Crippen LogP contribution in [-0.2, 0) is 21.6 Å². The van der Waals surface area contributed by atoms with Crippen molar-refractivity contribution in [1.82, 2.24) is 24.2 Å². The van der Waals surface area contributed by atoms with Gasteiger partial charge < -0.3 is 14.8 Å². The maximum atomic E-state index is 14.4. The average molecular weight is 572 g/mol. The van der Waals surface area contributed by atoms with E-state index < -0.39 is 34.6 Å². The molecule has 4 aromatic rings. The first-order valence-corrected chi connectivity index (χ1v) is 13.8. The molecule has 0 bridgehead atoms. The summed E-state index contributed by atoms with van der Waals surface area (Å²) >= 11 is 1.23. The number of carbonyl (C=O) groups excluding carboxylic acids is 1. The molecule has 10 nitrogen and oxygen atoms in total. The van der Waals surface area contributed by atoms with Crippen LogP contribution in [-0.4, -0.2) is 44.6 Å². The summed E-state index contributed by atoms with van der Waals surface area (Å²) in [7, 11) is 1.47. The van der Waals surface area contributed by atoms with Gasteiger partial charge in [0.05, 0.1) is 19.0 Å². The zero-order valence-electron chi connectivity index (χ0n) is 23.6. The number of hydrogen-bond donors (Lipinski definition) is 1. The lowest BCUT2D eigenvalue weighted by Crippen LogP contribution is -2.56. The number of fused-ring (bicyclic) bond motifs is 1. The lowest BCUT2D eigenvalue weighted by molar-refractivity contribution is -0.129. The van der Waals surface area contributed by atoms with E-state index in [9.17, 15) is 18.8 Å². The van der Waals surface area contributed by atoms with Gasteiger partial charge in [0.1, 0.15) is 33.0 Å². The smallest absolute Gasteiger partial charge is 0.333 e. The number of ether oxygens (including phenoxy) is 2. The van der Waals surface area contributed by atoms with Gasteiger partial charge >= 0.3 is 5.69 Å². The molecule has 1 aromatic carbocycles. The molecule has 3 heterocycles. The largest absolute Gasteiger partial charge is 0.496 e. The molecule has 0 spiro atoms. The number of nitrogens with zero attached hydrogens (tertiary/aromatic N) is 4. The van der Waals surface area contributed by atoms with Crippen molar-refractivity contribution in [2.24, 2.45) is 0 Å². The van der Waals surface area contributed by atoms with Gasteiger partial charge in [-0.25, -0.2) is 18.4 Å². The third-order valence-corrected chi connectivity index (χ3v) is 7.99. The van der Waals surface area contributed by atoms with Gasteiger partial charge in [0.2, 0.25) is 5.91 Å². The predicted octanol–water partition coefficient (Wildman–Crippen LogP) is 3.90. The second kappa shape index (κ2) is 11.4. The molecular weight excluding hydrogens is 537 g/mol. The quantitative estimate of drug-likeness (QED) is 0.309. The maximum Gasteiger partial charge on any atom is 0.333 e. The fourth-order valence-corrected chi connectivity index (χ4v) is 5.95. The molecule has 1 atom stereocenters. The minimum absolute atomic E-state index is 0.0658. The van der Waals surface area contributed by atoms with Crippen LogP contribution in [0, 0.1) is 12.7 Å². The number of methoxy groups -OCH3 is 1. The second-order valence-corrected chi connectivity index (χ2v) is 11.2. The van der Waals surface area contributed by atoms with Crippen LogP contribution >= 0.6 is 11.3 Å². The summed E-state index contributed by atoms with van der Waals surface area (Å²) in [5, 5.41) is 8.07. The molecule has 0 saturated heterocycles. The maximum absolute atomic E-state index is 14.4. The molecule has 0 saturated carbocycles. The summed E-state index contributed by atoms with van der Waals surface area (Å²) in [6.45, 7) is 10.5. The summed E-state index contributed by atoms with van der Waals surface area (Å²) in [6, 6.07) is 5.65. The van der Waals surface area contributed by atoms with E-state index in [1.165, 1.54) is 55.1 Å². The van der Waals surface area contributed by atoms with Crippen molar-refractivity contribution >= 4 is 27.5 Å². The van der Waals surface area contributed by atoms with Crippen LogP contribution in [0.5, 0.6) is 5.75 Å². The van der Waals surface area contributed by atoms with Crippen molar-refractivity contribution in [3.05, 3.63) is 74.4 Å². The first-order chi connectivity index (χ1) is 18.9. The number of aryl methyl sites for hydroxylation is 1. The highest BCUT2D eigenvalue weighted by atomic mass is 32.1. The van der Waals surface area contributed by atoms with E-state index in [1.807, 2.05) is 0 Å². The Kier molecular flexibility index (Phi) is 8.31. The number of benzene rings is 1. The number of nitrogens with one attached hydrogen (secondary N) is 1. The van der Waals surface area contributed by atoms with Gasteiger partial charge in [0.25, 0.3) is 5.56 Å². The fraction of sp³-hybridized carbons (Fsp3) is 0.429. The molecule has 3 aromatic heterocycles. The molecule has 4 rings (SSSR count). The van der Waals surface area contributed by atoms with Crippen molar-refractivity contribution in [3.8, 4) is 10.8 Å². The minimum atomic E-state index is -1.52. The van der Waals surface area contributed by atoms with Crippen LogP contribution in [0.15, 0.2) is 46.2 Å². The van der Waals surface area contributed by atoms with Crippen LogP contribution in [0.2, 0.25) is 0 Å². The van der Waals surface area contributed by atoms with Crippen LogP contribution in [0.4, 0.5) is 4.39 Å². The first-order valence-electron chi connectivity index (χ1n) is 13.0. The van der Waals surface area contributed by atoms with E-state index in [-0.39, 0.29) is 19.2 Å². The second-order valence-electron chi connectivity index (χ2n) is 10.2. The Hall–Kier alpha value is -3.77. The average Bonchev–Trinajstić information content (AvgIpc) is 3.53. The predicted molar refractivity (Wildman–Crippen MR) is 152 cm³/mol. The molecular formula is C28H34FN5O5S. The highest BCUT2D eigenvalue weighted by Gasteiger charge is 2.36. The molecule has 214 valence electrons. The molecule has 1 N–H and O–H groups in total. The van der Waals surface area contributed by atoms with Crippen molar-refractivity contribution in [3.63, 3.8) is 0 Å². The molecule has 0 aliphatic carbocycles. The SMILES string of the molecule is CCO[C@@H](Cn1c(=O)n(C(C)(C)C(=O)NC(C)C)c(=O)c2c(C)c(-n3cccn3)sc21)c1cc(F)ccc1OC. The van der Waals surface area contributed by atoms with Crippen molar-refractivity contribution in [1.29, 1.82) is 0 Å². The Bertz CT molecular complexity index is 1650. The Morgan fingerprint density at radius 1 is 1.25 bits per heavy atom. The van der Waals surface area contributed by atoms with Gasteiger partial charge in [0.15, 0.2) is 0 Å². The number of rotatable bonds is 10. The zero-order valence-corrected chi connectivity index (χ0v) is 24.5. The van der Waals surface area contributed by atoms with E-state index in [4.69, 9.17) is 9.47 Å². The van der Waals surface area contributed by atoms with Gasteiger partial charge in [-0.15, -0.1) is 0 Å². The normalized spacial score (nSPS) is 12.7. The summed E-state index contributed by atoms with van der Waals surface area (Å²) in [5.74, 6) is -0.558. The van der Waals surface area contributed by atoms with E-state index in [1.54, 1.807) is 50.8 Å². The van der Waals surface area contributed by atoms with Gasteiger partial charge in [-0.1, -0.05) is 11.3 Å². The van der Waals surface area contributed by atoms with Crippen molar-refractivity contribution in [2.45, 2.75) is 65.8 Å². The molecule has 0 unspecified atom stereocenters. The summed E-state index contributed by atoms with van der Waals surface area (Å²) in [5.41, 5.74) is -1.75. The van der Waals surface area contributed by atoms with Crippen LogP contribution < -0.4 is 21.3 Å². The Morgan fingerprint density at radius 2 is 1.98 bits per heavy atom. The first kappa shape index (κ1) is 29.2. The van der Waals surface area contributed by atoms with E-state index >= 15 is 0 Å². The van der Waals surface area contributed by atoms with Crippen molar-refractivity contribution in [2.75, 3.05) is 13.7 Å². The van der Waals surface area contributed by atoms with E-state index in [2.05, 4.69) is 10.4 Å². The standard InChI is InChI=1S/C28H34FN5O5S/c1-8-39-21(19-14-18(29)10-11-20(19)38-7)15-32-25-22(17(4)24(40-25)33-13-9-12-30-33)23(35)34(27(32)37)28(5,6)26(36)31-16(2)3/h9-14,16,21H,8,15H2,1-7H3,(H,31,36)/t21-/m0/s1. The summed E-state index contributed by atoms with van der Waals surface area (Å²) in [6.07, 6.45) is 2.57. The molecule has 12 heteroatoms. The number of halogens is 1. The Labute approximate surface area is 235 Å². The van der Waals surface area contributed by atoms with Gasteiger partial charge in [-0.2, -0.15) is 5.10 Å². The molecule has 0 aliphatic heterocycles. The van der Waals surface area contributed by atoms with Gasteiger partial charge in [-0.3, -0.25) is 14.2 Å². The van der Waals surface area contributed by atoms with E-state index in [0.29, 0.717) is 32.1 Å². The molecule has 0 fully saturated rings. The summed E-state index contributed by atoms with van der Waals surface area (Å²) in [4.78, 5) is 41.9. The highest BCUT2D eigenvalue weighted by molar-refractivity contribution is 7.21. The number of amides is 1. The number of carbonyl (C=O) groups is 1. The molecule has 40 heavy (non-hydrogen) atoms. The number of thiophene rings is 1. The molecule has 1 amide bonds. The highest BCUT2D eigenvalue weighted by Crippen LogP contribution is 2.34. The molecule has 0 aliphatic rings. The van der Waals surface area contributed by atoms with E-state index in [0.717, 1.165) is 4.57 Å². The third-order valence-electron chi connectivity index (χ3n) is 6.69. The van der Waals surface area contributed by atoms with Crippen LogP contribution in [0.25, 0.3) is 15.2 Å². The Balaban J connectivity index is 2.04. The minimum Gasteiger partial charge on any atom is -0.496 e. The van der Waals surface area contributed by atoms with Gasteiger partial charge in [0, 0.05) is 36.2 Å². The van der Waals surface area contributed by atoms with Crippen LogP contribution in [0.3, 0.4) is 0 Å². The lowest BCUT2D eigenvalue weighted by atomic mass is 10.0.